The Labute approximate surface area is 472 Å². The molecule has 0 unspecified atom stereocenters. The third-order valence-corrected chi connectivity index (χ3v) is 19.5. The maximum absolute atomic E-state index is 2.91. The van der Waals surface area contributed by atoms with Gasteiger partial charge in [0.2, 0.25) is 0 Å². The molecule has 0 aliphatic carbocycles. The van der Waals surface area contributed by atoms with E-state index in [2.05, 4.69) is 145 Å². The summed E-state index contributed by atoms with van der Waals surface area (Å²) < 4.78 is 0. The van der Waals surface area contributed by atoms with E-state index in [1.165, 1.54) is 204 Å². The molecule has 390 valence electrons. The Bertz CT molecular complexity index is 1820. The van der Waals surface area contributed by atoms with Gasteiger partial charge in [-0.2, -0.15) is 17.7 Å². The summed E-state index contributed by atoms with van der Waals surface area (Å²) in [6.07, 6.45) is 39.4. The predicted molar refractivity (Wildman–Crippen MR) is 302 cm³/mol. The molecule has 0 aliphatic rings. The van der Waals surface area contributed by atoms with Gasteiger partial charge in [0.25, 0.3) is 0 Å². The van der Waals surface area contributed by atoms with Crippen LogP contribution in [-0.2, 0) is 66.7 Å². The molecule has 0 bridgehead atoms. The molecule has 5 aromatic carbocycles. The van der Waals surface area contributed by atoms with Crippen molar-refractivity contribution in [1.82, 2.24) is 0 Å². The Hall–Kier alpha value is -1.97. The Morgan fingerprint density at radius 1 is 0.310 bits per heavy atom. The van der Waals surface area contributed by atoms with Crippen LogP contribution in [0.15, 0.2) is 103 Å². The quantitative estimate of drug-likeness (QED) is 0.0165. The number of benzene rings is 4. The van der Waals surface area contributed by atoms with Crippen molar-refractivity contribution in [2.45, 2.75) is 241 Å². The molecule has 0 N–H and O–H groups in total. The van der Waals surface area contributed by atoms with Gasteiger partial charge >= 0.3 is 21.7 Å². The van der Waals surface area contributed by atoms with Gasteiger partial charge < -0.3 is 37.2 Å². The topological polar surface area (TPSA) is 0 Å². The van der Waals surface area contributed by atoms with Crippen molar-refractivity contribution in [1.29, 1.82) is 0 Å². The second kappa shape index (κ2) is 39.4. The van der Waals surface area contributed by atoms with Gasteiger partial charge in [-0.05, 0) is 110 Å². The van der Waals surface area contributed by atoms with E-state index < -0.39 is 8.07 Å². The van der Waals surface area contributed by atoms with Crippen molar-refractivity contribution in [3.63, 3.8) is 0 Å². The minimum absolute atomic E-state index is 0. The third kappa shape index (κ3) is 22.4. The van der Waals surface area contributed by atoms with Crippen LogP contribution in [0.1, 0.15) is 240 Å². The molecule has 5 rings (SSSR count). The minimum Gasteiger partial charge on any atom is -1.00 e. The van der Waals surface area contributed by atoms with Gasteiger partial charge in [0, 0.05) is 0 Å². The van der Waals surface area contributed by atoms with E-state index in [0.717, 1.165) is 6.42 Å². The summed E-state index contributed by atoms with van der Waals surface area (Å²) in [7, 11) is -2.91. The van der Waals surface area contributed by atoms with Crippen molar-refractivity contribution in [3.05, 3.63) is 148 Å². The summed E-state index contributed by atoms with van der Waals surface area (Å²) in [5.41, 5.74) is 12.4. The molecule has 5 heteroatoms. The maximum Gasteiger partial charge on any atom is 4.00 e. The van der Waals surface area contributed by atoms with E-state index >= 15 is 0 Å². The van der Waals surface area contributed by atoms with Gasteiger partial charge in [0.15, 0.2) is 0 Å². The predicted octanol–water partition coefficient (Wildman–Crippen LogP) is 8.12. The average molecular weight is 1070 g/mol. The molecule has 0 fully saturated rings. The van der Waals surface area contributed by atoms with Gasteiger partial charge in [-0.15, -0.1) is 5.19 Å². The number of rotatable bonds is 36. The summed E-state index contributed by atoms with van der Waals surface area (Å²) in [6, 6.07) is 43.7. The van der Waals surface area contributed by atoms with Crippen molar-refractivity contribution < 1.29 is 58.9 Å². The zero-order valence-corrected chi connectivity index (χ0v) is 50.7. The van der Waals surface area contributed by atoms with E-state index in [0.29, 0.717) is 0 Å². The molecule has 0 amide bonds. The Morgan fingerprint density at radius 3 is 0.859 bits per heavy atom. The summed E-state index contributed by atoms with van der Waals surface area (Å²) >= 11 is 0. The first kappa shape index (κ1) is 67.0. The van der Waals surface area contributed by atoms with E-state index in [4.69, 9.17) is 0 Å². The van der Waals surface area contributed by atoms with Crippen LogP contribution in [0.3, 0.4) is 0 Å². The van der Waals surface area contributed by atoms with Crippen LogP contribution in [0.2, 0.25) is 0 Å². The Kier molecular flexibility index (Phi) is 37.2. The fourth-order valence-corrected chi connectivity index (χ4v) is 16.2. The zero-order chi connectivity index (χ0) is 47.4. The molecular formula is C66H97Cl3SiTi. The molecule has 0 saturated heterocycles. The van der Waals surface area contributed by atoms with Gasteiger partial charge in [-0.3, -0.25) is 0 Å². The van der Waals surface area contributed by atoms with Crippen molar-refractivity contribution in [2.24, 2.45) is 0 Å². The van der Waals surface area contributed by atoms with Crippen LogP contribution in [0.4, 0.5) is 0 Å². The van der Waals surface area contributed by atoms with Gasteiger partial charge in [-0.25, -0.2) is 6.07 Å². The number of unbranched alkanes of at least 4 members (excludes halogenated alkanes) is 18. The standard InChI is InChI=1S/C66H97Si.3ClH.Ti/c1-7-13-19-26-36-56-45-57(37-27-20-14-8-2)50-64(49-56)67(63-43-42-62(48-63)44-55-34-32-25-33-35-55,65-51-58(38-28-21-15-9-3)46-59(52-65)39-29-22-16-10-4)66-53-60(40-30-23-17-11-5)47-61(54-66)41-31-24-18-12-6;;;;/h25,32-35,42-43,45-54H,7-24,26-31,36-41,44H2,1-6H3;3*1H;/q-1;;;;+4/p-3. The molecule has 0 aliphatic heterocycles. The minimum atomic E-state index is -2.91. The van der Waals surface area contributed by atoms with Crippen LogP contribution < -0.4 is 58.0 Å². The normalized spacial score (nSPS) is 11.1. The van der Waals surface area contributed by atoms with Crippen molar-refractivity contribution in [3.8, 4) is 0 Å². The maximum atomic E-state index is 2.78. The number of halogens is 3. The van der Waals surface area contributed by atoms with Crippen molar-refractivity contribution in [2.75, 3.05) is 0 Å². The Morgan fingerprint density at radius 2 is 0.592 bits per heavy atom. The molecule has 5 aromatic rings. The number of hydrogen-bond donors (Lipinski definition) is 0. The second-order valence-corrected chi connectivity index (χ2v) is 24.7. The first-order chi connectivity index (χ1) is 33.0. The number of hydrogen-bond acceptors (Lipinski definition) is 0. The molecular weight excluding hydrogens is 975 g/mol. The first-order valence-electron chi connectivity index (χ1n) is 28.7. The van der Waals surface area contributed by atoms with E-state index in [-0.39, 0.29) is 58.9 Å². The average Bonchev–Trinajstić information content (AvgIpc) is 3.81. The van der Waals surface area contributed by atoms with Crippen LogP contribution in [0.5, 0.6) is 0 Å². The first-order valence-corrected chi connectivity index (χ1v) is 30.7. The monoisotopic (exact) mass is 1070 g/mol. The van der Waals surface area contributed by atoms with E-state index in [1.807, 2.05) is 0 Å². The van der Waals surface area contributed by atoms with E-state index in [9.17, 15) is 0 Å². The van der Waals surface area contributed by atoms with Gasteiger partial charge in [-0.1, -0.05) is 270 Å². The summed E-state index contributed by atoms with van der Waals surface area (Å²) in [4.78, 5) is 0. The molecule has 71 heavy (non-hydrogen) atoms. The largest absolute Gasteiger partial charge is 4.00 e. The second-order valence-electron chi connectivity index (χ2n) is 20.9. The molecule has 0 atom stereocenters. The zero-order valence-electron chi connectivity index (χ0n) is 45.9. The van der Waals surface area contributed by atoms with Crippen LogP contribution in [-0.4, -0.2) is 8.07 Å². The fraction of sp³-hybridized carbons (Fsp3) is 0.561. The van der Waals surface area contributed by atoms with Crippen LogP contribution in [0.25, 0.3) is 0 Å². The van der Waals surface area contributed by atoms with Crippen molar-refractivity contribution >= 4 is 28.8 Å². The Balaban J connectivity index is 0.00000630. The number of aryl methyl sites for hydroxylation is 6. The third-order valence-electron chi connectivity index (χ3n) is 14.9. The molecule has 0 spiro atoms. The molecule has 0 radical (unpaired) electrons. The summed E-state index contributed by atoms with van der Waals surface area (Å²) in [5.74, 6) is 0. The SMILES string of the molecule is CCCCCCc1cc(CCCCCC)cc([Si](c2cc(CCCCCC)cc(CCCCCC)c2)(c2cc(CCCCCC)cc(CCCCCC)c2)[c-]2ccc(Cc3ccccc3)c2)c1.[Cl-].[Cl-].[Cl-].[Ti+4]. The molecule has 0 aromatic heterocycles. The smallest absolute Gasteiger partial charge is 1.00 e. The molecule has 0 heterocycles. The molecule has 0 saturated carbocycles. The molecule has 0 nitrogen and oxygen atoms in total. The summed E-state index contributed by atoms with van der Waals surface area (Å²) in [5, 5.41) is 6.52. The van der Waals surface area contributed by atoms with Crippen LogP contribution in [0, 0.1) is 0 Å². The van der Waals surface area contributed by atoms with Crippen LogP contribution >= 0.6 is 0 Å². The van der Waals surface area contributed by atoms with Gasteiger partial charge in [0.1, 0.15) is 8.07 Å². The van der Waals surface area contributed by atoms with Gasteiger partial charge in [0.05, 0.1) is 0 Å². The fourth-order valence-electron chi connectivity index (χ4n) is 11.0. The summed E-state index contributed by atoms with van der Waals surface area (Å²) in [6.45, 7) is 14.1. The van der Waals surface area contributed by atoms with E-state index in [1.54, 1.807) is 54.1 Å².